The highest BCUT2D eigenvalue weighted by molar-refractivity contribution is 6.76. The zero-order valence-electron chi connectivity index (χ0n) is 20.6. The minimum absolute atomic E-state index is 0.274. The lowest BCUT2D eigenvalue weighted by Crippen LogP contribution is -2.33. The maximum Gasteiger partial charge on any atom is 0.513 e. The summed E-state index contributed by atoms with van der Waals surface area (Å²) >= 11 is 6.24. The lowest BCUT2D eigenvalue weighted by atomic mass is 9.90. The Morgan fingerprint density at radius 3 is 1.73 bits per heavy atom. The Kier molecular flexibility index (Phi) is 8.84. The van der Waals surface area contributed by atoms with Crippen LogP contribution in [0.25, 0.3) is 0 Å². The average molecular weight is 512 g/mol. The van der Waals surface area contributed by atoms with Gasteiger partial charge in [-0.25, -0.2) is 9.59 Å². The van der Waals surface area contributed by atoms with Gasteiger partial charge < -0.3 is 24.3 Å². The third-order valence-corrected chi connectivity index (χ3v) is 6.71. The highest BCUT2D eigenvalue weighted by Gasteiger charge is 2.36. The number of benzene rings is 1. The molecule has 2 rings (SSSR count). The molecule has 1 aromatic rings. The fourth-order valence-electron chi connectivity index (χ4n) is 3.01. The predicted molar refractivity (Wildman–Crippen MR) is 134 cm³/mol. The van der Waals surface area contributed by atoms with Crippen LogP contribution in [0, 0.1) is 0 Å². The van der Waals surface area contributed by atoms with E-state index >= 15 is 0 Å². The molecule has 1 N–H and O–H groups in total. The summed E-state index contributed by atoms with van der Waals surface area (Å²) in [5, 5.41) is 3.63. The monoisotopic (exact) mass is 511 g/mol. The minimum Gasteiger partial charge on any atom is -0.438 e. The van der Waals surface area contributed by atoms with E-state index in [0.717, 1.165) is 0 Å². The number of carbonyl (C=O) groups is 2. The first kappa shape index (κ1) is 27.0. The number of hydrogen-bond acceptors (Lipinski definition) is 7. The van der Waals surface area contributed by atoms with Crippen molar-refractivity contribution in [1.29, 1.82) is 0 Å². The molecule has 0 fully saturated rings. The Morgan fingerprint density at radius 1 is 0.879 bits per heavy atom. The van der Waals surface area contributed by atoms with E-state index in [1.807, 2.05) is 6.07 Å². The molecule has 0 saturated heterocycles. The van der Waals surface area contributed by atoms with Crippen molar-refractivity contribution in [1.82, 2.24) is 5.32 Å². The second kappa shape index (κ2) is 10.8. The minimum atomic E-state index is -1.63. The molecule has 1 aliphatic heterocycles. The molecule has 0 bridgehead atoms. The summed E-state index contributed by atoms with van der Waals surface area (Å²) in [5.74, 6) is -0.142. The van der Waals surface area contributed by atoms with Crippen molar-refractivity contribution in [3.8, 4) is 0 Å². The largest absolute Gasteiger partial charge is 0.513 e. The van der Waals surface area contributed by atoms with Crippen LogP contribution in [0.1, 0.15) is 25.3 Å². The van der Waals surface area contributed by atoms with E-state index in [1.165, 1.54) is 0 Å². The number of halogens is 1. The maximum atomic E-state index is 12.5. The summed E-state index contributed by atoms with van der Waals surface area (Å²) in [6, 6.07) is 7.10. The quantitative estimate of drug-likeness (QED) is 0.328. The number of carbonyl (C=O) groups excluding carboxylic acids is 2. The van der Waals surface area contributed by atoms with Gasteiger partial charge in [0.05, 0.1) is 40.0 Å². The Balaban J connectivity index is 2.37. The van der Waals surface area contributed by atoms with Crippen LogP contribution in [-0.2, 0) is 18.9 Å². The lowest BCUT2D eigenvalue weighted by Gasteiger charge is -2.30. The number of dihydropyridines is 1. The van der Waals surface area contributed by atoms with E-state index in [0.29, 0.717) is 34.4 Å². The van der Waals surface area contributed by atoms with Gasteiger partial charge in [-0.15, -0.1) is 0 Å². The van der Waals surface area contributed by atoms with Crippen molar-refractivity contribution in [3.05, 3.63) is 57.8 Å². The molecule has 1 heterocycles. The number of hydrogen-bond donors (Lipinski definition) is 1. The number of allylic oxidation sites excluding steroid dienone is 2. The second-order valence-electron chi connectivity index (χ2n) is 10.5. The van der Waals surface area contributed by atoms with Crippen molar-refractivity contribution in [2.24, 2.45) is 0 Å². The smallest absolute Gasteiger partial charge is 0.438 e. The molecule has 1 aliphatic rings. The van der Waals surface area contributed by atoms with Crippen molar-refractivity contribution < 1.29 is 28.5 Å². The van der Waals surface area contributed by atoms with Gasteiger partial charge >= 0.3 is 12.3 Å². The van der Waals surface area contributed by atoms with Crippen LogP contribution in [0.4, 0.5) is 9.59 Å². The summed E-state index contributed by atoms with van der Waals surface area (Å²) in [7, 11) is -3.25. The molecular weight excluding hydrogens is 478 g/mol. The first-order chi connectivity index (χ1) is 15.2. The first-order valence-electron chi connectivity index (χ1n) is 10.8. The van der Waals surface area contributed by atoms with E-state index in [9.17, 15) is 9.59 Å². The molecule has 33 heavy (non-hydrogen) atoms. The summed E-state index contributed by atoms with van der Waals surface area (Å²) in [5.41, 5.74) is 1.90. The van der Waals surface area contributed by atoms with Crippen LogP contribution in [0.15, 0.2) is 47.2 Å². The molecule has 182 valence electrons. The highest BCUT2D eigenvalue weighted by Crippen LogP contribution is 2.40. The molecule has 0 aromatic heterocycles. The van der Waals surface area contributed by atoms with Gasteiger partial charge in [0.1, 0.15) is 17.4 Å². The normalized spacial score (nSPS) is 15.2. The topological polar surface area (TPSA) is 83.1 Å². The van der Waals surface area contributed by atoms with Crippen molar-refractivity contribution in [2.45, 2.75) is 59.0 Å². The molecule has 0 amide bonds. The summed E-state index contributed by atoms with van der Waals surface area (Å²) in [6.45, 7) is 16.1. The standard InChI is InChI=1S/C23H34ClNO6Si2/c1-15-20(30-22(26)28-13-32(3,4)5)19(17-10-9-11-18(24)12-17)21(16(2)25-15)31-23(27)29-14-33(6,7)8/h9-12,19,25H,13-14H2,1-8H3. The van der Waals surface area contributed by atoms with Gasteiger partial charge in [0, 0.05) is 5.02 Å². The molecule has 1 aromatic carbocycles. The molecule has 0 saturated carbocycles. The van der Waals surface area contributed by atoms with Crippen LogP contribution in [0.5, 0.6) is 0 Å². The third-order valence-electron chi connectivity index (χ3n) is 4.45. The molecule has 0 aliphatic carbocycles. The van der Waals surface area contributed by atoms with Crippen LogP contribution >= 0.6 is 11.6 Å². The van der Waals surface area contributed by atoms with E-state index in [1.54, 1.807) is 32.0 Å². The Bertz CT molecular complexity index is 908. The predicted octanol–water partition coefficient (Wildman–Crippen LogP) is 6.55. The van der Waals surface area contributed by atoms with Crippen LogP contribution in [-0.4, -0.2) is 40.9 Å². The van der Waals surface area contributed by atoms with Gasteiger partial charge in [0.2, 0.25) is 0 Å². The van der Waals surface area contributed by atoms with E-state index in [2.05, 4.69) is 44.6 Å². The Morgan fingerprint density at radius 2 is 1.33 bits per heavy atom. The zero-order valence-corrected chi connectivity index (χ0v) is 23.4. The van der Waals surface area contributed by atoms with E-state index in [4.69, 9.17) is 30.5 Å². The maximum absolute atomic E-state index is 12.5. The van der Waals surface area contributed by atoms with Crippen molar-refractivity contribution >= 4 is 40.1 Å². The molecule has 0 atom stereocenters. The van der Waals surface area contributed by atoms with Gasteiger partial charge in [0.15, 0.2) is 0 Å². The number of ether oxygens (including phenoxy) is 4. The molecule has 0 unspecified atom stereocenters. The van der Waals surface area contributed by atoms with Gasteiger partial charge in [-0.1, -0.05) is 63.0 Å². The fourth-order valence-corrected chi connectivity index (χ4v) is 4.31. The molecule has 0 radical (unpaired) electrons. The van der Waals surface area contributed by atoms with E-state index < -0.39 is 34.4 Å². The second-order valence-corrected chi connectivity index (χ2v) is 21.8. The Labute approximate surface area is 203 Å². The molecule has 0 spiro atoms. The SMILES string of the molecule is CC1=C(OC(=O)OC[Si](C)(C)C)C(c2cccc(Cl)c2)C(OC(=O)OC[Si](C)(C)C)=C(C)N1. The third kappa shape index (κ3) is 8.56. The number of nitrogens with one attached hydrogen (secondary N) is 1. The van der Waals surface area contributed by atoms with E-state index in [-0.39, 0.29) is 11.5 Å². The highest BCUT2D eigenvalue weighted by atomic mass is 35.5. The summed E-state index contributed by atoms with van der Waals surface area (Å²) in [4.78, 5) is 25.0. The van der Waals surface area contributed by atoms with Gasteiger partial charge in [-0.05, 0) is 31.5 Å². The molecular formula is C23H34ClNO6Si2. The van der Waals surface area contributed by atoms with Crippen LogP contribution in [0.2, 0.25) is 44.3 Å². The summed E-state index contributed by atoms with van der Waals surface area (Å²) in [6.07, 6.45) is -0.954. The van der Waals surface area contributed by atoms with Crippen molar-refractivity contribution in [2.75, 3.05) is 12.5 Å². The Hall–Kier alpha value is -2.24. The first-order valence-corrected chi connectivity index (χ1v) is 18.6. The molecule has 7 nitrogen and oxygen atoms in total. The van der Waals surface area contributed by atoms with Crippen LogP contribution < -0.4 is 5.32 Å². The van der Waals surface area contributed by atoms with Crippen LogP contribution in [0.3, 0.4) is 0 Å². The van der Waals surface area contributed by atoms with Crippen molar-refractivity contribution in [3.63, 3.8) is 0 Å². The van der Waals surface area contributed by atoms with Gasteiger partial charge in [-0.2, -0.15) is 0 Å². The van der Waals surface area contributed by atoms with Gasteiger partial charge in [0.25, 0.3) is 0 Å². The lowest BCUT2D eigenvalue weighted by molar-refractivity contribution is 0.0718. The summed E-state index contributed by atoms with van der Waals surface area (Å²) < 4.78 is 22.0. The van der Waals surface area contributed by atoms with Gasteiger partial charge in [-0.3, -0.25) is 0 Å². The fraction of sp³-hybridized carbons (Fsp3) is 0.478. The zero-order chi connectivity index (χ0) is 25.0. The number of rotatable bonds is 7. The molecule has 10 heteroatoms. The average Bonchev–Trinajstić information content (AvgIpc) is 2.67.